The molecule has 1 rings (SSSR count). The highest BCUT2D eigenvalue weighted by molar-refractivity contribution is 6.43. The zero-order valence-electron chi connectivity index (χ0n) is 9.67. The number of halogens is 2. The van der Waals surface area contributed by atoms with E-state index in [4.69, 9.17) is 28.9 Å². The van der Waals surface area contributed by atoms with Crippen LogP contribution in [0.1, 0.15) is 19.8 Å². The van der Waals surface area contributed by atoms with Crippen LogP contribution in [0.2, 0.25) is 10.0 Å². The summed E-state index contributed by atoms with van der Waals surface area (Å²) in [7, 11) is 0. The van der Waals surface area contributed by atoms with Gasteiger partial charge in [-0.05, 0) is 24.6 Å². The summed E-state index contributed by atoms with van der Waals surface area (Å²) in [6, 6.07) is 5.13. The fourth-order valence-electron chi connectivity index (χ4n) is 1.46. The number of benzene rings is 1. The molecule has 1 atom stereocenters. The molecule has 1 unspecified atom stereocenters. The molecule has 0 heterocycles. The molecule has 1 amide bonds. The summed E-state index contributed by atoms with van der Waals surface area (Å²) in [4.78, 5) is 11.7. The van der Waals surface area contributed by atoms with Crippen molar-refractivity contribution in [3.05, 3.63) is 28.2 Å². The monoisotopic (exact) mass is 274 g/mol. The van der Waals surface area contributed by atoms with Crippen molar-refractivity contribution in [3.8, 4) is 0 Å². The average molecular weight is 275 g/mol. The fourth-order valence-corrected chi connectivity index (χ4v) is 1.81. The maximum absolute atomic E-state index is 11.7. The van der Waals surface area contributed by atoms with Crippen LogP contribution in [-0.4, -0.2) is 12.5 Å². The Kier molecular flexibility index (Phi) is 5.75. The average Bonchev–Trinajstić information content (AvgIpc) is 2.32. The molecule has 1 aromatic rings. The summed E-state index contributed by atoms with van der Waals surface area (Å²) in [6.07, 6.45) is 1.28. The lowest BCUT2D eigenvalue weighted by Crippen LogP contribution is -2.21. The van der Waals surface area contributed by atoms with Crippen LogP contribution in [-0.2, 0) is 4.79 Å². The molecule has 0 aromatic heterocycles. The van der Waals surface area contributed by atoms with Crippen LogP contribution < -0.4 is 11.1 Å². The number of anilines is 1. The molecular formula is C12H16Cl2N2O. The van der Waals surface area contributed by atoms with E-state index in [1.165, 1.54) is 0 Å². The number of carbonyl (C=O) groups is 1. The molecule has 3 N–H and O–H groups in total. The zero-order chi connectivity index (χ0) is 12.8. The number of nitrogens with one attached hydrogen (secondary N) is 1. The van der Waals surface area contributed by atoms with E-state index in [9.17, 15) is 4.79 Å². The predicted molar refractivity (Wildman–Crippen MR) is 72.5 cm³/mol. The summed E-state index contributed by atoms with van der Waals surface area (Å²) in [5.41, 5.74) is 6.09. The van der Waals surface area contributed by atoms with Gasteiger partial charge in [0.25, 0.3) is 0 Å². The fraction of sp³-hybridized carbons (Fsp3) is 0.417. The minimum atomic E-state index is -0.0912. The molecule has 0 aliphatic rings. The number of hydrogen-bond acceptors (Lipinski definition) is 2. The lowest BCUT2D eigenvalue weighted by atomic mass is 10.0. The number of carbonyl (C=O) groups excluding carboxylic acids is 1. The standard InChI is InChI=1S/C12H16Cl2N2O/c1-2-8(7-15)6-11(17)16-10-5-3-4-9(13)12(10)14/h3-5,8H,2,6-7,15H2,1H3,(H,16,17). The Labute approximate surface area is 111 Å². The summed E-state index contributed by atoms with van der Waals surface area (Å²) in [5.74, 6) is 0.111. The highest BCUT2D eigenvalue weighted by Crippen LogP contribution is 2.29. The van der Waals surface area contributed by atoms with Gasteiger partial charge in [-0.3, -0.25) is 4.79 Å². The van der Waals surface area contributed by atoms with Crippen LogP contribution in [0, 0.1) is 5.92 Å². The van der Waals surface area contributed by atoms with E-state index in [0.29, 0.717) is 28.7 Å². The Balaban J connectivity index is 2.65. The summed E-state index contributed by atoms with van der Waals surface area (Å²) < 4.78 is 0. The van der Waals surface area contributed by atoms with Gasteiger partial charge in [0.15, 0.2) is 0 Å². The van der Waals surface area contributed by atoms with Gasteiger partial charge in [0.2, 0.25) is 5.91 Å². The van der Waals surface area contributed by atoms with Crippen LogP contribution in [0.3, 0.4) is 0 Å². The maximum Gasteiger partial charge on any atom is 0.224 e. The predicted octanol–water partition coefficient (Wildman–Crippen LogP) is 3.31. The van der Waals surface area contributed by atoms with Gasteiger partial charge in [0.1, 0.15) is 0 Å². The van der Waals surface area contributed by atoms with Crippen molar-refractivity contribution in [3.63, 3.8) is 0 Å². The third-order valence-corrected chi connectivity index (χ3v) is 3.43. The van der Waals surface area contributed by atoms with Gasteiger partial charge in [-0.2, -0.15) is 0 Å². The van der Waals surface area contributed by atoms with Gasteiger partial charge >= 0.3 is 0 Å². The van der Waals surface area contributed by atoms with Crippen molar-refractivity contribution in [2.45, 2.75) is 19.8 Å². The smallest absolute Gasteiger partial charge is 0.224 e. The minimum Gasteiger partial charge on any atom is -0.330 e. The van der Waals surface area contributed by atoms with E-state index in [0.717, 1.165) is 6.42 Å². The first kappa shape index (κ1) is 14.3. The molecule has 0 spiro atoms. The second-order valence-electron chi connectivity index (χ2n) is 3.86. The van der Waals surface area contributed by atoms with Gasteiger partial charge in [-0.15, -0.1) is 0 Å². The molecule has 0 bridgehead atoms. The topological polar surface area (TPSA) is 55.1 Å². The van der Waals surface area contributed by atoms with E-state index < -0.39 is 0 Å². The van der Waals surface area contributed by atoms with Gasteiger partial charge in [0.05, 0.1) is 15.7 Å². The van der Waals surface area contributed by atoms with Crippen LogP contribution in [0.4, 0.5) is 5.69 Å². The summed E-state index contributed by atoms with van der Waals surface area (Å²) in [6.45, 7) is 2.52. The largest absolute Gasteiger partial charge is 0.330 e. The highest BCUT2D eigenvalue weighted by atomic mass is 35.5. The van der Waals surface area contributed by atoms with Crippen molar-refractivity contribution in [1.82, 2.24) is 0 Å². The molecule has 0 saturated heterocycles. The number of nitrogens with two attached hydrogens (primary N) is 1. The number of amides is 1. The zero-order valence-corrected chi connectivity index (χ0v) is 11.2. The van der Waals surface area contributed by atoms with Crippen molar-refractivity contribution in [2.75, 3.05) is 11.9 Å². The normalized spacial score (nSPS) is 12.2. The molecule has 17 heavy (non-hydrogen) atoms. The third kappa shape index (κ3) is 4.19. The maximum atomic E-state index is 11.7. The molecule has 94 valence electrons. The van der Waals surface area contributed by atoms with Crippen molar-refractivity contribution in [1.29, 1.82) is 0 Å². The number of hydrogen-bond donors (Lipinski definition) is 2. The lowest BCUT2D eigenvalue weighted by molar-refractivity contribution is -0.117. The molecule has 0 radical (unpaired) electrons. The molecule has 5 heteroatoms. The van der Waals surface area contributed by atoms with Crippen LogP contribution in [0.15, 0.2) is 18.2 Å². The molecule has 1 aromatic carbocycles. The molecule has 3 nitrogen and oxygen atoms in total. The summed E-state index contributed by atoms with van der Waals surface area (Å²) in [5, 5.41) is 3.53. The third-order valence-electron chi connectivity index (χ3n) is 2.61. The van der Waals surface area contributed by atoms with E-state index in [2.05, 4.69) is 5.32 Å². The second kappa shape index (κ2) is 6.84. The van der Waals surface area contributed by atoms with E-state index in [1.54, 1.807) is 18.2 Å². The van der Waals surface area contributed by atoms with Gasteiger partial charge in [-0.1, -0.05) is 42.6 Å². The van der Waals surface area contributed by atoms with E-state index in [1.807, 2.05) is 6.92 Å². The van der Waals surface area contributed by atoms with Crippen molar-refractivity contribution >= 4 is 34.8 Å². The van der Waals surface area contributed by atoms with E-state index >= 15 is 0 Å². The molecule has 0 fully saturated rings. The molecule has 0 saturated carbocycles. The van der Waals surface area contributed by atoms with Crippen LogP contribution >= 0.6 is 23.2 Å². The molecule has 0 aliphatic carbocycles. The van der Waals surface area contributed by atoms with Gasteiger partial charge < -0.3 is 11.1 Å². The molecule has 0 aliphatic heterocycles. The Morgan fingerprint density at radius 3 is 2.76 bits per heavy atom. The van der Waals surface area contributed by atoms with Crippen molar-refractivity contribution in [2.24, 2.45) is 11.7 Å². The highest BCUT2D eigenvalue weighted by Gasteiger charge is 2.12. The first-order valence-electron chi connectivity index (χ1n) is 5.52. The Morgan fingerprint density at radius 2 is 2.18 bits per heavy atom. The summed E-state index contributed by atoms with van der Waals surface area (Å²) >= 11 is 11.8. The minimum absolute atomic E-state index is 0.0912. The lowest BCUT2D eigenvalue weighted by Gasteiger charge is -2.13. The van der Waals surface area contributed by atoms with Crippen LogP contribution in [0.5, 0.6) is 0 Å². The number of rotatable bonds is 5. The Hall–Kier alpha value is -0.770. The van der Waals surface area contributed by atoms with Crippen LogP contribution in [0.25, 0.3) is 0 Å². The first-order chi connectivity index (χ1) is 8.08. The molecular weight excluding hydrogens is 259 g/mol. The van der Waals surface area contributed by atoms with E-state index in [-0.39, 0.29) is 11.8 Å². The Bertz CT molecular complexity index is 392. The SMILES string of the molecule is CCC(CN)CC(=O)Nc1cccc(Cl)c1Cl. The van der Waals surface area contributed by atoms with Gasteiger partial charge in [-0.25, -0.2) is 0 Å². The quantitative estimate of drug-likeness (QED) is 0.866. The first-order valence-corrected chi connectivity index (χ1v) is 6.28. The van der Waals surface area contributed by atoms with Gasteiger partial charge in [0, 0.05) is 6.42 Å². The Morgan fingerprint density at radius 1 is 1.47 bits per heavy atom. The second-order valence-corrected chi connectivity index (χ2v) is 4.65. The van der Waals surface area contributed by atoms with Crippen molar-refractivity contribution < 1.29 is 4.79 Å².